The molecule has 3 nitrogen and oxygen atoms in total. The van der Waals surface area contributed by atoms with Crippen LogP contribution in [0.25, 0.3) is 11.1 Å². The number of nitrogen functional groups attached to an aromatic ring is 1. The average Bonchev–Trinajstić information content (AvgIpc) is 2.83. The van der Waals surface area contributed by atoms with Crippen LogP contribution in [0.1, 0.15) is 44.7 Å². The second-order valence-electron chi connectivity index (χ2n) is 5.99. The van der Waals surface area contributed by atoms with Crippen molar-refractivity contribution in [2.24, 2.45) is 0 Å². The molecule has 0 radical (unpaired) electrons. The van der Waals surface area contributed by atoms with Gasteiger partial charge in [0.25, 0.3) is 0 Å². The topological polar surface area (TPSA) is 54.7 Å². The van der Waals surface area contributed by atoms with Gasteiger partial charge in [0.15, 0.2) is 5.82 Å². The summed E-state index contributed by atoms with van der Waals surface area (Å²) in [5.74, 6) is 0.264. The molecule has 0 amide bonds. The standard InChI is InChI=1S/C16H20FN3/c1-16(9-3-2-4-10-16)14-13(15(18)20-19-14)11-5-7-12(17)8-6-11/h5-8H,2-4,9-10H2,1H3,(H3,18,19,20). The highest BCUT2D eigenvalue weighted by atomic mass is 19.1. The summed E-state index contributed by atoms with van der Waals surface area (Å²) in [6.45, 7) is 2.27. The van der Waals surface area contributed by atoms with E-state index in [1.165, 1.54) is 31.4 Å². The van der Waals surface area contributed by atoms with Crippen LogP contribution in [0.15, 0.2) is 24.3 Å². The number of halogens is 1. The van der Waals surface area contributed by atoms with Crippen molar-refractivity contribution in [1.82, 2.24) is 10.2 Å². The van der Waals surface area contributed by atoms with Crippen LogP contribution in [0.5, 0.6) is 0 Å². The quantitative estimate of drug-likeness (QED) is 0.868. The summed E-state index contributed by atoms with van der Waals surface area (Å²) < 4.78 is 13.1. The van der Waals surface area contributed by atoms with Crippen molar-refractivity contribution in [3.63, 3.8) is 0 Å². The summed E-state index contributed by atoms with van der Waals surface area (Å²) >= 11 is 0. The third-order valence-corrected chi connectivity index (χ3v) is 4.49. The molecular weight excluding hydrogens is 253 g/mol. The van der Waals surface area contributed by atoms with Crippen LogP contribution < -0.4 is 5.73 Å². The molecule has 0 saturated heterocycles. The molecule has 1 saturated carbocycles. The summed E-state index contributed by atoms with van der Waals surface area (Å²) in [6, 6.07) is 6.47. The number of benzene rings is 1. The monoisotopic (exact) mass is 273 g/mol. The number of aromatic nitrogens is 2. The van der Waals surface area contributed by atoms with E-state index in [0.29, 0.717) is 5.82 Å². The molecule has 1 aliphatic carbocycles. The fraction of sp³-hybridized carbons (Fsp3) is 0.438. The van der Waals surface area contributed by atoms with E-state index in [2.05, 4.69) is 17.1 Å². The molecule has 0 bridgehead atoms. The maximum absolute atomic E-state index is 13.1. The number of nitrogens with two attached hydrogens (primary N) is 1. The highest BCUT2D eigenvalue weighted by molar-refractivity contribution is 5.77. The number of rotatable bonds is 2. The van der Waals surface area contributed by atoms with E-state index in [4.69, 9.17) is 5.73 Å². The van der Waals surface area contributed by atoms with Crippen molar-refractivity contribution in [2.45, 2.75) is 44.4 Å². The van der Waals surface area contributed by atoms with Gasteiger partial charge in [0.2, 0.25) is 0 Å². The smallest absolute Gasteiger partial charge is 0.153 e. The van der Waals surface area contributed by atoms with E-state index in [1.54, 1.807) is 12.1 Å². The lowest BCUT2D eigenvalue weighted by atomic mass is 9.72. The third-order valence-electron chi connectivity index (χ3n) is 4.49. The van der Waals surface area contributed by atoms with Crippen LogP contribution in [0.3, 0.4) is 0 Å². The maximum atomic E-state index is 13.1. The largest absolute Gasteiger partial charge is 0.382 e. The summed E-state index contributed by atoms with van der Waals surface area (Å²) in [4.78, 5) is 0. The lowest BCUT2D eigenvalue weighted by Crippen LogP contribution is -2.26. The SMILES string of the molecule is CC1(c2[nH]nc(N)c2-c2ccc(F)cc2)CCCCC1. The van der Waals surface area contributed by atoms with Gasteiger partial charge in [0.1, 0.15) is 5.82 Å². The number of nitrogens with zero attached hydrogens (tertiary/aromatic N) is 1. The van der Waals surface area contributed by atoms with Gasteiger partial charge in [-0.25, -0.2) is 4.39 Å². The van der Waals surface area contributed by atoms with Gasteiger partial charge in [-0.1, -0.05) is 38.3 Å². The lowest BCUT2D eigenvalue weighted by molar-refractivity contribution is 0.312. The third kappa shape index (κ3) is 2.19. The van der Waals surface area contributed by atoms with Gasteiger partial charge >= 0.3 is 0 Å². The van der Waals surface area contributed by atoms with Crippen LogP contribution in [0.4, 0.5) is 10.2 Å². The Balaban J connectivity index is 2.07. The Bertz CT molecular complexity index is 595. The van der Waals surface area contributed by atoms with Gasteiger partial charge in [0.05, 0.1) is 5.69 Å². The summed E-state index contributed by atoms with van der Waals surface area (Å²) in [5, 5.41) is 7.32. The van der Waals surface area contributed by atoms with Crippen molar-refractivity contribution in [2.75, 3.05) is 5.73 Å². The number of H-pyrrole nitrogens is 1. The first-order valence-electron chi connectivity index (χ1n) is 7.20. The first-order chi connectivity index (χ1) is 9.60. The molecule has 20 heavy (non-hydrogen) atoms. The Labute approximate surface area is 118 Å². The molecule has 4 heteroatoms. The number of nitrogens with one attached hydrogen (secondary N) is 1. The number of anilines is 1. The van der Waals surface area contributed by atoms with Gasteiger partial charge in [-0.2, -0.15) is 5.10 Å². The van der Waals surface area contributed by atoms with Crippen LogP contribution in [-0.2, 0) is 5.41 Å². The van der Waals surface area contributed by atoms with Crippen molar-refractivity contribution in [1.29, 1.82) is 0 Å². The first kappa shape index (κ1) is 13.2. The fourth-order valence-corrected chi connectivity index (χ4v) is 3.28. The van der Waals surface area contributed by atoms with Crippen molar-refractivity contribution < 1.29 is 4.39 Å². The zero-order valence-electron chi connectivity index (χ0n) is 11.7. The lowest BCUT2D eigenvalue weighted by Gasteiger charge is -2.33. The zero-order valence-corrected chi connectivity index (χ0v) is 11.7. The molecule has 0 aliphatic heterocycles. The zero-order chi connectivity index (χ0) is 14.2. The van der Waals surface area contributed by atoms with E-state index in [-0.39, 0.29) is 11.2 Å². The molecule has 3 rings (SSSR count). The van der Waals surface area contributed by atoms with E-state index in [1.807, 2.05) is 0 Å². The molecule has 1 aromatic carbocycles. The van der Waals surface area contributed by atoms with Crippen molar-refractivity contribution >= 4 is 5.82 Å². The second-order valence-corrected chi connectivity index (χ2v) is 5.99. The Hall–Kier alpha value is -1.84. The highest BCUT2D eigenvalue weighted by Crippen LogP contribution is 2.43. The maximum Gasteiger partial charge on any atom is 0.153 e. The Morgan fingerprint density at radius 2 is 1.80 bits per heavy atom. The van der Waals surface area contributed by atoms with Crippen LogP contribution in [0.2, 0.25) is 0 Å². The molecule has 1 heterocycles. The van der Waals surface area contributed by atoms with Crippen LogP contribution in [0, 0.1) is 5.82 Å². The molecule has 1 aromatic heterocycles. The second kappa shape index (κ2) is 4.93. The van der Waals surface area contributed by atoms with E-state index in [9.17, 15) is 4.39 Å². The molecule has 1 aliphatic rings. The molecule has 0 atom stereocenters. The fourth-order valence-electron chi connectivity index (χ4n) is 3.28. The Morgan fingerprint density at radius 3 is 2.45 bits per heavy atom. The minimum Gasteiger partial charge on any atom is -0.382 e. The van der Waals surface area contributed by atoms with Gasteiger partial charge in [-0.3, -0.25) is 5.10 Å². The molecule has 3 N–H and O–H groups in total. The Morgan fingerprint density at radius 1 is 1.15 bits per heavy atom. The first-order valence-corrected chi connectivity index (χ1v) is 7.20. The Kier molecular flexibility index (Phi) is 3.24. The molecule has 0 unspecified atom stereocenters. The van der Waals surface area contributed by atoms with Gasteiger partial charge in [0, 0.05) is 11.0 Å². The molecule has 1 fully saturated rings. The summed E-state index contributed by atoms with van der Waals surface area (Å²) in [7, 11) is 0. The highest BCUT2D eigenvalue weighted by Gasteiger charge is 2.33. The predicted octanol–water partition coefficient (Wildman–Crippen LogP) is 4.02. The van der Waals surface area contributed by atoms with Crippen molar-refractivity contribution in [3.8, 4) is 11.1 Å². The average molecular weight is 273 g/mol. The van der Waals surface area contributed by atoms with Gasteiger partial charge in [-0.15, -0.1) is 0 Å². The summed E-state index contributed by atoms with van der Waals surface area (Å²) in [5.41, 5.74) is 9.10. The van der Waals surface area contributed by atoms with Gasteiger partial charge in [-0.05, 0) is 30.5 Å². The molecule has 2 aromatic rings. The van der Waals surface area contributed by atoms with E-state index in [0.717, 1.165) is 29.7 Å². The van der Waals surface area contributed by atoms with Crippen molar-refractivity contribution in [3.05, 3.63) is 35.8 Å². The van der Waals surface area contributed by atoms with E-state index < -0.39 is 0 Å². The number of hydrogen-bond donors (Lipinski definition) is 2. The minimum absolute atomic E-state index is 0.0899. The molecule has 0 spiro atoms. The predicted molar refractivity (Wildman–Crippen MR) is 78.8 cm³/mol. The normalized spacial score (nSPS) is 18.1. The molecule has 106 valence electrons. The van der Waals surface area contributed by atoms with Gasteiger partial charge < -0.3 is 5.73 Å². The number of hydrogen-bond acceptors (Lipinski definition) is 2. The number of aromatic amines is 1. The van der Waals surface area contributed by atoms with E-state index >= 15 is 0 Å². The summed E-state index contributed by atoms with van der Waals surface area (Å²) in [6.07, 6.45) is 6.05. The van der Waals surface area contributed by atoms with Crippen LogP contribution >= 0.6 is 0 Å². The van der Waals surface area contributed by atoms with Crippen LogP contribution in [-0.4, -0.2) is 10.2 Å². The minimum atomic E-state index is -0.235. The molecular formula is C16H20FN3.